The predicted octanol–water partition coefficient (Wildman–Crippen LogP) is 3.88. The molecule has 23 heavy (non-hydrogen) atoms. The largest absolute Gasteiger partial charge is 0.469 e. The number of carbonyl (C=O) groups excluding carboxylic acids is 1. The minimum atomic E-state index is -0.166. The summed E-state index contributed by atoms with van der Waals surface area (Å²) in [5.41, 5.74) is 4.87. The maximum absolute atomic E-state index is 12.4. The van der Waals surface area contributed by atoms with E-state index in [2.05, 4.69) is 47.9 Å². The van der Waals surface area contributed by atoms with Gasteiger partial charge in [-0.2, -0.15) is 0 Å². The summed E-state index contributed by atoms with van der Waals surface area (Å²) in [6.45, 7) is 2.15. The Morgan fingerprint density at radius 1 is 1.09 bits per heavy atom. The van der Waals surface area contributed by atoms with Crippen LogP contribution < -0.4 is 0 Å². The summed E-state index contributed by atoms with van der Waals surface area (Å²) in [5.74, 6) is -0.299. The number of methoxy groups -OCH3 is 1. The third-order valence-electron chi connectivity index (χ3n) is 5.01. The molecule has 4 rings (SSSR count). The van der Waals surface area contributed by atoms with Gasteiger partial charge in [-0.25, -0.2) is 0 Å². The molecule has 0 saturated carbocycles. The molecule has 0 unspecified atom stereocenters. The van der Waals surface area contributed by atoms with Gasteiger partial charge in [0.15, 0.2) is 0 Å². The van der Waals surface area contributed by atoms with E-state index in [0.29, 0.717) is 0 Å². The average molecular weight is 305 g/mol. The molecule has 3 nitrogen and oxygen atoms in total. The Hall–Kier alpha value is -2.55. The Balaban J connectivity index is 1.97. The van der Waals surface area contributed by atoms with Crippen molar-refractivity contribution in [2.24, 2.45) is 5.92 Å². The lowest BCUT2D eigenvalue weighted by Gasteiger charge is -2.21. The molecule has 0 saturated heterocycles. The Kier molecular flexibility index (Phi) is 3.22. The molecule has 0 fully saturated rings. The number of rotatable bonds is 2. The van der Waals surface area contributed by atoms with E-state index < -0.39 is 0 Å². The van der Waals surface area contributed by atoms with Gasteiger partial charge in [0.05, 0.1) is 19.1 Å². The summed E-state index contributed by atoms with van der Waals surface area (Å²) in [6, 6.07) is 18.7. The Morgan fingerprint density at radius 3 is 2.52 bits per heavy atom. The summed E-state index contributed by atoms with van der Waals surface area (Å²) in [4.78, 5) is 12.4. The number of benzene rings is 2. The lowest BCUT2D eigenvalue weighted by molar-refractivity contribution is -0.145. The molecule has 0 bridgehead atoms. The van der Waals surface area contributed by atoms with Crippen molar-refractivity contribution in [3.05, 3.63) is 71.4 Å². The number of fused-ring (bicyclic) bond motifs is 3. The van der Waals surface area contributed by atoms with Crippen molar-refractivity contribution in [2.75, 3.05) is 7.11 Å². The van der Waals surface area contributed by atoms with Crippen LogP contribution in [0, 0.1) is 12.8 Å². The number of hydrogen-bond acceptors (Lipinski definition) is 2. The first-order chi connectivity index (χ1) is 11.2. The van der Waals surface area contributed by atoms with E-state index in [4.69, 9.17) is 4.74 Å². The van der Waals surface area contributed by atoms with Crippen molar-refractivity contribution in [1.82, 2.24) is 4.57 Å². The van der Waals surface area contributed by atoms with Crippen LogP contribution in [0.1, 0.15) is 22.9 Å². The van der Waals surface area contributed by atoms with Gasteiger partial charge in [0, 0.05) is 23.0 Å². The highest BCUT2D eigenvalue weighted by molar-refractivity contribution is 5.87. The van der Waals surface area contributed by atoms with Gasteiger partial charge in [0.25, 0.3) is 0 Å². The minimum Gasteiger partial charge on any atom is -0.469 e. The van der Waals surface area contributed by atoms with Crippen LogP contribution in [0.4, 0.5) is 0 Å². The van der Waals surface area contributed by atoms with Gasteiger partial charge >= 0.3 is 5.97 Å². The third kappa shape index (κ3) is 2.00. The fourth-order valence-corrected chi connectivity index (χ4v) is 3.95. The number of aromatic nitrogens is 1. The Labute approximate surface area is 135 Å². The van der Waals surface area contributed by atoms with E-state index in [9.17, 15) is 4.79 Å². The molecule has 3 aromatic rings. The van der Waals surface area contributed by atoms with Gasteiger partial charge in [-0.05, 0) is 24.1 Å². The summed E-state index contributed by atoms with van der Waals surface area (Å²) in [5, 5.41) is 1.27. The monoisotopic (exact) mass is 305 g/mol. The van der Waals surface area contributed by atoms with Gasteiger partial charge in [-0.3, -0.25) is 4.79 Å². The maximum Gasteiger partial charge on any atom is 0.311 e. The highest BCUT2D eigenvalue weighted by atomic mass is 16.5. The zero-order valence-electron chi connectivity index (χ0n) is 13.3. The number of ether oxygens (including phenoxy) is 1. The molecule has 1 aliphatic rings. The quantitative estimate of drug-likeness (QED) is 0.673. The standard InChI is InChI=1S/C20H19NO2/c1-13-15-10-6-7-11-17(15)21-18(13)12-16(20(22)23-2)19(21)14-8-4-3-5-9-14/h3-11,16,19H,12H2,1-2H3/t16-,19+/m1/s1. The number of esters is 1. The lowest BCUT2D eigenvalue weighted by Crippen LogP contribution is -2.24. The third-order valence-corrected chi connectivity index (χ3v) is 5.01. The van der Waals surface area contributed by atoms with Gasteiger partial charge in [-0.1, -0.05) is 48.5 Å². The predicted molar refractivity (Wildman–Crippen MR) is 90.5 cm³/mol. The van der Waals surface area contributed by atoms with Gasteiger partial charge in [-0.15, -0.1) is 0 Å². The zero-order chi connectivity index (χ0) is 16.0. The normalized spacial score (nSPS) is 19.7. The van der Waals surface area contributed by atoms with Gasteiger partial charge in [0.2, 0.25) is 0 Å². The lowest BCUT2D eigenvalue weighted by atomic mass is 9.92. The van der Waals surface area contributed by atoms with E-state index in [1.165, 1.54) is 29.3 Å². The second-order valence-corrected chi connectivity index (χ2v) is 6.15. The van der Waals surface area contributed by atoms with Crippen molar-refractivity contribution in [1.29, 1.82) is 0 Å². The van der Waals surface area contributed by atoms with E-state index in [-0.39, 0.29) is 17.9 Å². The first-order valence-corrected chi connectivity index (χ1v) is 7.93. The number of para-hydroxylation sites is 1. The number of carbonyl (C=O) groups is 1. The van der Waals surface area contributed by atoms with E-state index in [1.54, 1.807) is 0 Å². The van der Waals surface area contributed by atoms with Crippen molar-refractivity contribution in [3.8, 4) is 0 Å². The smallest absolute Gasteiger partial charge is 0.311 e. The second kappa shape index (κ2) is 5.27. The molecule has 2 aromatic carbocycles. The SMILES string of the molecule is COC(=O)[C@@H]1Cc2c(C)c3ccccc3n2[C@H]1c1ccccc1. The Bertz CT molecular complexity index is 879. The fraction of sp³-hybridized carbons (Fsp3) is 0.250. The van der Waals surface area contributed by atoms with Crippen LogP contribution in [0.15, 0.2) is 54.6 Å². The molecular formula is C20H19NO2. The van der Waals surface area contributed by atoms with Crippen LogP contribution in [0.3, 0.4) is 0 Å². The van der Waals surface area contributed by atoms with E-state index >= 15 is 0 Å². The average Bonchev–Trinajstić information content (AvgIpc) is 3.12. The van der Waals surface area contributed by atoms with Gasteiger partial charge in [0.1, 0.15) is 0 Å². The molecule has 0 N–H and O–H groups in total. The Morgan fingerprint density at radius 2 is 1.78 bits per heavy atom. The molecule has 2 atom stereocenters. The first kappa shape index (κ1) is 14.1. The van der Waals surface area contributed by atoms with E-state index in [1.807, 2.05) is 18.2 Å². The highest BCUT2D eigenvalue weighted by Crippen LogP contribution is 2.43. The van der Waals surface area contributed by atoms with Crippen molar-refractivity contribution >= 4 is 16.9 Å². The van der Waals surface area contributed by atoms with Crippen LogP contribution in [-0.4, -0.2) is 17.6 Å². The van der Waals surface area contributed by atoms with Crippen molar-refractivity contribution in [2.45, 2.75) is 19.4 Å². The summed E-state index contributed by atoms with van der Waals surface area (Å²) >= 11 is 0. The zero-order valence-corrected chi connectivity index (χ0v) is 13.3. The minimum absolute atomic E-state index is 0.00255. The van der Waals surface area contributed by atoms with Crippen LogP contribution >= 0.6 is 0 Å². The first-order valence-electron chi connectivity index (χ1n) is 7.93. The molecule has 1 aromatic heterocycles. The summed E-state index contributed by atoms with van der Waals surface area (Å²) in [7, 11) is 1.48. The molecule has 116 valence electrons. The van der Waals surface area contributed by atoms with Crippen LogP contribution in [0.25, 0.3) is 10.9 Å². The molecule has 1 aliphatic heterocycles. The molecule has 2 heterocycles. The van der Waals surface area contributed by atoms with Crippen LogP contribution in [0.5, 0.6) is 0 Å². The molecule has 3 heteroatoms. The fourth-order valence-electron chi connectivity index (χ4n) is 3.95. The van der Waals surface area contributed by atoms with Crippen molar-refractivity contribution in [3.63, 3.8) is 0 Å². The van der Waals surface area contributed by atoms with Crippen LogP contribution in [0.2, 0.25) is 0 Å². The summed E-state index contributed by atoms with van der Waals surface area (Å²) in [6.07, 6.45) is 0.729. The number of nitrogens with zero attached hydrogens (tertiary/aromatic N) is 1. The molecule has 0 aliphatic carbocycles. The summed E-state index contributed by atoms with van der Waals surface area (Å²) < 4.78 is 7.42. The number of hydrogen-bond donors (Lipinski definition) is 0. The van der Waals surface area contributed by atoms with Crippen molar-refractivity contribution < 1.29 is 9.53 Å². The topological polar surface area (TPSA) is 31.2 Å². The van der Waals surface area contributed by atoms with Gasteiger partial charge < -0.3 is 9.30 Å². The maximum atomic E-state index is 12.4. The molecule has 0 spiro atoms. The second-order valence-electron chi connectivity index (χ2n) is 6.15. The molecular weight excluding hydrogens is 286 g/mol. The molecule has 0 radical (unpaired) electrons. The number of aryl methyl sites for hydroxylation is 1. The highest BCUT2D eigenvalue weighted by Gasteiger charge is 2.40. The van der Waals surface area contributed by atoms with E-state index in [0.717, 1.165) is 12.0 Å². The molecule has 0 amide bonds. The van der Waals surface area contributed by atoms with Crippen LogP contribution in [-0.2, 0) is 16.0 Å².